The molecule has 2 aromatic carbocycles. The highest BCUT2D eigenvalue weighted by molar-refractivity contribution is 9.10. The van der Waals surface area contributed by atoms with Crippen molar-refractivity contribution in [3.63, 3.8) is 0 Å². The number of carbonyl (C=O) groups is 1. The molecule has 13 heteroatoms. The molecule has 1 aromatic heterocycles. The number of nitro benzene ring substituents is 1. The van der Waals surface area contributed by atoms with Gasteiger partial charge in [-0.3, -0.25) is 14.9 Å². The Bertz CT molecular complexity index is 1180. The third-order valence-electron chi connectivity index (χ3n) is 3.81. The smallest absolute Gasteiger partial charge is 0.357 e. The van der Waals surface area contributed by atoms with Crippen molar-refractivity contribution in [3.8, 4) is 11.5 Å². The van der Waals surface area contributed by atoms with Crippen molar-refractivity contribution in [1.29, 1.82) is 0 Å². The van der Waals surface area contributed by atoms with Crippen LogP contribution in [0.5, 0.6) is 11.5 Å². The second-order valence-electron chi connectivity index (χ2n) is 5.93. The van der Waals surface area contributed by atoms with Crippen molar-refractivity contribution < 1.29 is 19.4 Å². The first-order valence-electron chi connectivity index (χ1n) is 8.09. The van der Waals surface area contributed by atoms with E-state index in [0.29, 0.717) is 16.3 Å². The molecule has 1 amide bonds. The van der Waals surface area contributed by atoms with Gasteiger partial charge in [-0.2, -0.15) is 0 Å². The van der Waals surface area contributed by atoms with Gasteiger partial charge in [-0.25, -0.2) is 0 Å². The van der Waals surface area contributed by atoms with Gasteiger partial charge in [0.05, 0.1) is 16.7 Å². The van der Waals surface area contributed by atoms with Crippen LogP contribution < -0.4 is 10.1 Å². The summed E-state index contributed by atoms with van der Waals surface area (Å²) < 4.78 is 5.56. The molecule has 0 saturated heterocycles. The van der Waals surface area contributed by atoms with E-state index in [2.05, 4.69) is 31.4 Å². The van der Waals surface area contributed by atoms with E-state index >= 15 is 0 Å². The summed E-state index contributed by atoms with van der Waals surface area (Å²) in [6, 6.07) is 8.56. The maximum absolute atomic E-state index is 12.4. The minimum atomic E-state index is -0.819. The van der Waals surface area contributed by atoms with Crippen LogP contribution in [0.3, 0.4) is 0 Å². The number of nitro groups is 2. The number of nitrogens with zero attached hydrogens (tertiary/aromatic N) is 3. The number of non-ortho nitro benzene ring substituents is 1. The standard InChI is InChI=1S/C17H11BrClN5O6/c1-8-4-9(19)2-3-13(8)30-12-6-10(5-11(7-12)23(26)27)20-17(25)15-14(18)16(22-21-15)24(28)29/h2-7H,1H3,(H,20,25)(H,21,22). The molecule has 0 saturated carbocycles. The molecule has 0 spiro atoms. The van der Waals surface area contributed by atoms with E-state index in [4.69, 9.17) is 16.3 Å². The summed E-state index contributed by atoms with van der Waals surface area (Å²) >= 11 is 8.85. The van der Waals surface area contributed by atoms with Gasteiger partial charge in [0.25, 0.3) is 11.6 Å². The molecule has 0 aliphatic carbocycles. The van der Waals surface area contributed by atoms with Crippen LogP contribution in [-0.2, 0) is 0 Å². The van der Waals surface area contributed by atoms with Gasteiger partial charge in [0.15, 0.2) is 5.69 Å². The predicted molar refractivity (Wildman–Crippen MR) is 110 cm³/mol. The average molecular weight is 497 g/mol. The molecule has 0 unspecified atom stereocenters. The number of nitrogens with one attached hydrogen (secondary N) is 2. The van der Waals surface area contributed by atoms with Crippen LogP contribution in [0.25, 0.3) is 0 Å². The summed E-state index contributed by atoms with van der Waals surface area (Å²) in [5, 5.41) is 30.8. The Morgan fingerprint density at radius 2 is 1.93 bits per heavy atom. The van der Waals surface area contributed by atoms with Crippen molar-refractivity contribution in [1.82, 2.24) is 10.2 Å². The van der Waals surface area contributed by atoms with Gasteiger partial charge in [-0.05, 0) is 51.5 Å². The zero-order valence-corrected chi connectivity index (χ0v) is 17.4. The number of rotatable bonds is 6. The number of hydrogen-bond acceptors (Lipinski definition) is 7. The van der Waals surface area contributed by atoms with Crippen molar-refractivity contribution in [2.45, 2.75) is 6.92 Å². The maximum Gasteiger partial charge on any atom is 0.357 e. The topological polar surface area (TPSA) is 153 Å². The molecule has 1 heterocycles. The minimum Gasteiger partial charge on any atom is -0.457 e. The van der Waals surface area contributed by atoms with Crippen LogP contribution in [0.4, 0.5) is 17.2 Å². The predicted octanol–water partition coefficient (Wildman–Crippen LogP) is 5.00. The van der Waals surface area contributed by atoms with Crippen molar-refractivity contribution >= 4 is 50.6 Å². The number of carbonyl (C=O) groups excluding carboxylic acids is 1. The lowest BCUT2D eigenvalue weighted by molar-refractivity contribution is -0.390. The molecule has 0 fully saturated rings. The van der Waals surface area contributed by atoms with Gasteiger partial charge in [-0.1, -0.05) is 16.7 Å². The SMILES string of the molecule is Cc1cc(Cl)ccc1Oc1cc(NC(=O)c2n[nH]c([N+](=O)[O-])c2Br)cc([N+](=O)[O-])c1. The average Bonchev–Trinajstić information content (AvgIpc) is 3.05. The third-order valence-corrected chi connectivity index (χ3v) is 4.80. The van der Waals surface area contributed by atoms with Crippen LogP contribution in [0.15, 0.2) is 40.9 Å². The van der Waals surface area contributed by atoms with Crippen molar-refractivity contribution in [2.75, 3.05) is 5.32 Å². The van der Waals surface area contributed by atoms with E-state index in [1.54, 1.807) is 25.1 Å². The fourth-order valence-electron chi connectivity index (χ4n) is 2.46. The largest absolute Gasteiger partial charge is 0.457 e. The molecule has 2 N–H and O–H groups in total. The number of amides is 1. The lowest BCUT2D eigenvalue weighted by atomic mass is 10.2. The summed E-state index contributed by atoms with van der Waals surface area (Å²) in [6.45, 7) is 1.75. The Morgan fingerprint density at radius 1 is 1.20 bits per heavy atom. The van der Waals surface area contributed by atoms with Gasteiger partial charge < -0.3 is 20.2 Å². The minimum absolute atomic E-state index is 0.0355. The summed E-state index contributed by atoms with van der Waals surface area (Å²) in [5.41, 5.74) is 0.117. The number of aromatic nitrogens is 2. The molecular weight excluding hydrogens is 486 g/mol. The fraction of sp³-hybridized carbons (Fsp3) is 0.0588. The Kier molecular flexibility index (Phi) is 5.99. The van der Waals surface area contributed by atoms with Gasteiger partial charge in [-0.15, -0.1) is 5.10 Å². The number of aryl methyl sites for hydroxylation is 1. The first kappa shape index (κ1) is 21.2. The molecule has 154 valence electrons. The maximum atomic E-state index is 12.4. The number of H-pyrrole nitrogens is 1. The van der Waals surface area contributed by atoms with Crippen LogP contribution in [-0.4, -0.2) is 26.0 Å². The normalized spacial score (nSPS) is 10.5. The summed E-state index contributed by atoms with van der Waals surface area (Å²) in [6.07, 6.45) is 0. The molecule has 3 rings (SSSR count). The molecule has 0 bridgehead atoms. The summed E-state index contributed by atoms with van der Waals surface area (Å²) in [5.74, 6) is -0.804. The Morgan fingerprint density at radius 3 is 2.53 bits per heavy atom. The highest BCUT2D eigenvalue weighted by Gasteiger charge is 2.25. The lowest BCUT2D eigenvalue weighted by Gasteiger charge is -2.11. The zero-order valence-electron chi connectivity index (χ0n) is 15.0. The first-order chi connectivity index (χ1) is 14.2. The van der Waals surface area contributed by atoms with E-state index in [-0.39, 0.29) is 27.3 Å². The summed E-state index contributed by atoms with van der Waals surface area (Å²) in [4.78, 5) is 33.2. The Labute approximate surface area is 181 Å². The zero-order chi connectivity index (χ0) is 22.0. The van der Waals surface area contributed by atoms with E-state index in [9.17, 15) is 25.0 Å². The van der Waals surface area contributed by atoms with Crippen LogP contribution >= 0.6 is 27.5 Å². The molecule has 0 radical (unpaired) electrons. The number of ether oxygens (including phenoxy) is 1. The van der Waals surface area contributed by atoms with Gasteiger partial charge in [0.1, 0.15) is 16.0 Å². The second kappa shape index (κ2) is 8.47. The van der Waals surface area contributed by atoms with E-state index in [0.717, 1.165) is 6.07 Å². The fourth-order valence-corrected chi connectivity index (χ4v) is 3.18. The molecular formula is C17H11BrClN5O6. The van der Waals surface area contributed by atoms with E-state index in [1.807, 2.05) is 0 Å². The first-order valence-corrected chi connectivity index (χ1v) is 9.26. The molecule has 3 aromatic rings. The molecule has 30 heavy (non-hydrogen) atoms. The quantitative estimate of drug-likeness (QED) is 0.360. The van der Waals surface area contributed by atoms with E-state index < -0.39 is 21.6 Å². The number of aromatic amines is 1. The van der Waals surface area contributed by atoms with Gasteiger partial charge in [0.2, 0.25) is 0 Å². The molecule has 0 aliphatic heterocycles. The third kappa shape index (κ3) is 4.55. The lowest BCUT2D eigenvalue weighted by Crippen LogP contribution is -2.13. The Hall–Kier alpha value is -3.51. The highest BCUT2D eigenvalue weighted by Crippen LogP contribution is 2.33. The Balaban J connectivity index is 1.92. The number of anilines is 1. The highest BCUT2D eigenvalue weighted by atomic mass is 79.9. The monoisotopic (exact) mass is 495 g/mol. The van der Waals surface area contributed by atoms with Crippen LogP contribution in [0.2, 0.25) is 5.02 Å². The number of hydrogen-bond donors (Lipinski definition) is 2. The second-order valence-corrected chi connectivity index (χ2v) is 7.16. The van der Waals surface area contributed by atoms with Crippen molar-refractivity contribution in [3.05, 3.63) is 77.4 Å². The van der Waals surface area contributed by atoms with Gasteiger partial charge in [0, 0.05) is 17.2 Å². The number of benzene rings is 2. The van der Waals surface area contributed by atoms with E-state index in [1.165, 1.54) is 12.1 Å². The van der Waals surface area contributed by atoms with Crippen LogP contribution in [0, 0.1) is 27.2 Å². The summed E-state index contributed by atoms with van der Waals surface area (Å²) in [7, 11) is 0. The van der Waals surface area contributed by atoms with Crippen molar-refractivity contribution in [2.24, 2.45) is 0 Å². The molecule has 11 nitrogen and oxygen atoms in total. The molecule has 0 aliphatic rings. The number of halogens is 2. The van der Waals surface area contributed by atoms with Crippen LogP contribution in [0.1, 0.15) is 16.1 Å². The molecule has 0 atom stereocenters. The van der Waals surface area contributed by atoms with Gasteiger partial charge >= 0.3 is 5.82 Å².